The highest BCUT2D eigenvalue weighted by Gasteiger charge is 2.41. The van der Waals surface area contributed by atoms with E-state index in [1.807, 2.05) is 69.2 Å². The first kappa shape index (κ1) is 106. The number of likely N-dealkylation sites (tertiary alicyclic amines) is 4. The molecule has 0 bridgehead atoms. The van der Waals surface area contributed by atoms with Crippen molar-refractivity contribution in [1.82, 2.24) is 44.7 Å². The van der Waals surface area contributed by atoms with Crippen LogP contribution < -0.4 is 5.32 Å². The number of aromatic nitrogens is 3. The summed E-state index contributed by atoms with van der Waals surface area (Å²) >= 11 is 0. The van der Waals surface area contributed by atoms with Gasteiger partial charge < -0.3 is 89.2 Å². The third-order valence-corrected chi connectivity index (χ3v) is 19.2. The maximum Gasteiger partial charge on any atom is 0.374 e. The summed E-state index contributed by atoms with van der Waals surface area (Å²) in [5, 5.41) is 91.5. The first-order valence-corrected chi connectivity index (χ1v) is 38.5. The van der Waals surface area contributed by atoms with E-state index >= 15 is 0 Å². The number of ether oxygens (including phenoxy) is 1. The molecule has 0 saturated carbocycles. The number of nitrogens with zero attached hydrogens (tertiary/aromatic N) is 8. The third kappa shape index (κ3) is 39.8. The Morgan fingerprint density at radius 2 is 0.982 bits per heavy atom. The summed E-state index contributed by atoms with van der Waals surface area (Å²) in [6.45, 7) is 40.3. The van der Waals surface area contributed by atoms with Crippen LogP contribution in [0.5, 0.6) is 0 Å². The Balaban J connectivity index is -0.00000117. The molecule has 3 amide bonds. The number of amides is 3. The van der Waals surface area contributed by atoms with Gasteiger partial charge in [-0.05, 0) is 142 Å². The van der Waals surface area contributed by atoms with E-state index < -0.39 is 75.3 Å². The van der Waals surface area contributed by atoms with Gasteiger partial charge in [0.05, 0.1) is 41.0 Å². The van der Waals surface area contributed by atoms with Crippen molar-refractivity contribution in [3.63, 3.8) is 0 Å². The molecular weight excluding hydrogens is 1450 g/mol. The van der Waals surface area contributed by atoms with Crippen LogP contribution in [-0.2, 0) is 54.9 Å². The number of carboxylic acid groups (broad SMARTS) is 6. The van der Waals surface area contributed by atoms with Crippen LogP contribution in [0.15, 0.2) is 31.8 Å². The summed E-state index contributed by atoms with van der Waals surface area (Å²) < 4.78 is 44.1. The number of hydrogen-bond acceptors (Lipinski definition) is 23. The van der Waals surface area contributed by atoms with Gasteiger partial charge in [-0.1, -0.05) is 106 Å². The summed E-state index contributed by atoms with van der Waals surface area (Å²) in [5.41, 5.74) is 2.26. The molecule has 5 aliphatic heterocycles. The molecule has 10 N–H and O–H groups in total. The van der Waals surface area contributed by atoms with E-state index in [-0.39, 0.29) is 90.8 Å². The molecule has 3 aromatic heterocycles. The number of aliphatic hydroxyl groups is 3. The smallest absolute Gasteiger partial charge is 0.374 e. The van der Waals surface area contributed by atoms with Crippen molar-refractivity contribution >= 4 is 63.6 Å². The minimum Gasteiger partial charge on any atom is -0.481 e. The standard InChI is InChI=1S/C12H16N2O4.C10H17NO3.C9H15NO3.C8H15NO4S.C8H15NO2.C7H9NO3.C7H11NO2.C7H16O2.C5H13NO.CH4.FH/c1-7(2)8-6-10(18-13-8)11(15)14-5-3-4-9(14)12(16)17;1-7(2)6-9(12)11-5-3-4-8(11)10(13)14;1-6(2)8(11)10-5-3-4-7(10)9(12)13;1-6(2)14(12,13)9-5-3-4-7(9)8(10)11;1-6(2)9-4-3-7(5-9)8(10)11;1-4(2)5-3-6(7(9)10)11-8-5;1-5(2)7-3-6(4-9)10-8-7;1-7(2)9-6-4-3-5-8;1-5(2)6-3-4-7;;/h6-7,9H,3-5H2,1-2H3,(H,16,17);7-8H,3-6H2,1-2H3,(H,13,14);6-7H,3-5H2,1-2H3,(H,12,13);6-7H,3-5H2,1-2H3,(H,10,11);6-7H,3-5H2,1-2H3,(H,10,11);3-4H,1-2H3,(H,9,10);3,5,9H,4H2,1-2H3;7-8H,3-6H2,1-2H3;5-7H,3-4H2,1-2H3;1H4;1H/t9-;8-;2*7-;;;;;;;/m1111......./s1. The second kappa shape index (κ2) is 55.0. The Morgan fingerprint density at radius 3 is 1.33 bits per heavy atom. The summed E-state index contributed by atoms with van der Waals surface area (Å²) in [4.78, 5) is 106. The lowest BCUT2D eigenvalue weighted by Gasteiger charge is -2.23. The lowest BCUT2D eigenvalue weighted by Crippen LogP contribution is -2.43. The van der Waals surface area contributed by atoms with Gasteiger partial charge in [0.1, 0.15) is 30.8 Å². The number of carbonyl (C=O) groups is 9. The predicted molar refractivity (Wildman–Crippen MR) is 406 cm³/mol. The van der Waals surface area contributed by atoms with Gasteiger partial charge in [-0.3, -0.25) is 28.7 Å². The molecule has 0 aromatic carbocycles. The Labute approximate surface area is 643 Å². The van der Waals surface area contributed by atoms with Gasteiger partial charge in [0.15, 0.2) is 5.76 Å². The fourth-order valence-electron chi connectivity index (χ4n) is 10.7. The van der Waals surface area contributed by atoms with Crippen LogP contribution >= 0.6 is 0 Å². The molecular formula is C74H132FN9O24S. The number of aliphatic hydroxyl groups excluding tert-OH is 3. The van der Waals surface area contributed by atoms with Crippen LogP contribution in [0, 0.1) is 17.8 Å². The van der Waals surface area contributed by atoms with Crippen molar-refractivity contribution in [3.05, 3.63) is 52.6 Å². The van der Waals surface area contributed by atoms with Gasteiger partial charge in [-0.25, -0.2) is 27.6 Å². The Morgan fingerprint density at radius 1 is 0.541 bits per heavy atom. The fourth-order valence-corrected chi connectivity index (χ4v) is 12.2. The maximum absolute atomic E-state index is 12.1. The summed E-state index contributed by atoms with van der Waals surface area (Å²) in [5.74, 6) is -4.63. The minimum atomic E-state index is -3.42. The molecule has 109 heavy (non-hydrogen) atoms. The van der Waals surface area contributed by atoms with Gasteiger partial charge >= 0.3 is 35.8 Å². The van der Waals surface area contributed by atoms with Crippen molar-refractivity contribution < 1.29 is 121 Å². The van der Waals surface area contributed by atoms with Crippen LogP contribution in [-0.4, -0.2) is 261 Å². The average Bonchev–Trinajstić information content (AvgIpc) is 1.70. The Bertz CT molecular complexity index is 3230. The largest absolute Gasteiger partial charge is 0.481 e. The molecule has 33 nitrogen and oxygen atoms in total. The molecule has 630 valence electrons. The van der Waals surface area contributed by atoms with Gasteiger partial charge in [0.25, 0.3) is 5.91 Å². The van der Waals surface area contributed by atoms with E-state index in [2.05, 4.69) is 57.9 Å². The normalized spacial score (nSPS) is 18.0. The molecule has 8 rings (SSSR count). The molecule has 0 radical (unpaired) electrons. The van der Waals surface area contributed by atoms with Crippen LogP contribution in [0.4, 0.5) is 4.70 Å². The van der Waals surface area contributed by atoms with Crippen molar-refractivity contribution in [1.29, 1.82) is 0 Å². The molecule has 0 spiro atoms. The first-order valence-electron chi connectivity index (χ1n) is 37.0. The van der Waals surface area contributed by atoms with Gasteiger partial charge in [0.2, 0.25) is 33.4 Å². The zero-order valence-electron chi connectivity index (χ0n) is 66.6. The van der Waals surface area contributed by atoms with Gasteiger partial charge in [-0.2, -0.15) is 4.31 Å². The second-order valence-corrected chi connectivity index (χ2v) is 31.5. The van der Waals surface area contributed by atoms with E-state index in [1.54, 1.807) is 39.8 Å². The lowest BCUT2D eigenvalue weighted by atomic mass is 10.1. The van der Waals surface area contributed by atoms with E-state index in [0.717, 1.165) is 61.8 Å². The number of carboxylic acids is 6. The summed E-state index contributed by atoms with van der Waals surface area (Å²) in [6.07, 6.45) is 8.44. The number of halogens is 1. The number of aromatic carboxylic acids is 1. The molecule has 5 fully saturated rings. The Hall–Kier alpha value is -7.54. The molecule has 1 unspecified atom stereocenters. The lowest BCUT2D eigenvalue weighted by molar-refractivity contribution is -0.149. The van der Waals surface area contributed by atoms with Crippen molar-refractivity contribution in [3.8, 4) is 0 Å². The molecule has 35 heteroatoms. The number of aliphatic carboxylic acids is 5. The van der Waals surface area contributed by atoms with Crippen LogP contribution in [0.2, 0.25) is 0 Å². The number of rotatable bonds is 25. The quantitative estimate of drug-likeness (QED) is 0.0353. The topological polar surface area (TPSA) is 485 Å². The molecule has 0 aliphatic carbocycles. The highest BCUT2D eigenvalue weighted by Crippen LogP contribution is 2.26. The van der Waals surface area contributed by atoms with Crippen LogP contribution in [0.25, 0.3) is 0 Å². The number of nitrogens with one attached hydrogen (secondary N) is 1. The first-order chi connectivity index (χ1) is 49.9. The number of sulfonamides is 1. The van der Waals surface area contributed by atoms with Gasteiger partial charge in [0, 0.05) is 95.1 Å². The molecule has 5 aliphatic rings. The predicted octanol–water partition coefficient (Wildman–Crippen LogP) is 9.12. The molecule has 8 heterocycles. The summed E-state index contributed by atoms with van der Waals surface area (Å²) in [7, 11) is -3.42. The highest BCUT2D eigenvalue weighted by molar-refractivity contribution is 7.89. The van der Waals surface area contributed by atoms with Crippen molar-refractivity contribution in [2.45, 2.75) is 281 Å². The third-order valence-electron chi connectivity index (χ3n) is 16.9. The average molecular weight is 1580 g/mol. The Kier molecular flexibility index (Phi) is 53.3. The van der Waals surface area contributed by atoms with E-state index in [9.17, 15) is 51.6 Å². The van der Waals surface area contributed by atoms with Crippen LogP contribution in [0.1, 0.15) is 271 Å². The fraction of sp³-hybridized carbons (Fsp3) is 0.757. The van der Waals surface area contributed by atoms with E-state index in [0.29, 0.717) is 119 Å². The zero-order valence-corrected chi connectivity index (χ0v) is 67.4. The minimum absolute atomic E-state index is 0. The molecule has 5 saturated heterocycles. The highest BCUT2D eigenvalue weighted by atomic mass is 32.2. The van der Waals surface area contributed by atoms with E-state index in [4.69, 9.17) is 59.7 Å². The number of carbonyl (C=O) groups excluding carboxylic acids is 3. The van der Waals surface area contributed by atoms with Crippen molar-refractivity contribution in [2.75, 3.05) is 65.6 Å². The van der Waals surface area contributed by atoms with Crippen molar-refractivity contribution in [2.24, 2.45) is 17.8 Å². The van der Waals surface area contributed by atoms with E-state index in [1.165, 1.54) is 20.8 Å². The van der Waals surface area contributed by atoms with Crippen LogP contribution in [0.3, 0.4) is 0 Å². The van der Waals surface area contributed by atoms with Gasteiger partial charge in [-0.15, -0.1) is 0 Å². The summed E-state index contributed by atoms with van der Waals surface area (Å²) in [6, 6.07) is 3.00. The molecule has 3 aromatic rings. The number of hydrogen-bond donors (Lipinski definition) is 10. The maximum atomic E-state index is 12.1. The second-order valence-electron chi connectivity index (χ2n) is 29.0. The SMILES string of the molecule is C.CC(C)C(=O)N1CCC[C@@H]1C(=O)O.CC(C)CC(=O)N1CCC[C@@H]1C(=O)O.CC(C)N1CCC(C(=O)O)C1.CC(C)NCCO.CC(C)OCCCCO.CC(C)S(=O)(=O)N1CCC[C@@H]1C(=O)O.CC(C)c1cc(C(=O)N2CCC[C@@H]2C(=O)O)on1.CC(C)c1cc(C(=O)O)on1.CC(C)c1cc(CO)on1.F. The number of unbranched alkanes of at least 4 members (excludes halogenated alkanes) is 1. The zero-order chi connectivity index (χ0) is 82.2. The monoisotopic (exact) mass is 1580 g/mol. The molecule has 5 atom stereocenters.